The third-order valence-corrected chi connectivity index (χ3v) is 9.76. The van der Waals surface area contributed by atoms with Gasteiger partial charge in [0.15, 0.2) is 0 Å². The van der Waals surface area contributed by atoms with E-state index in [0.717, 1.165) is 45.3 Å². The average molecular weight is 566 g/mol. The van der Waals surface area contributed by atoms with Crippen LogP contribution in [0.4, 0.5) is 5.69 Å². The van der Waals surface area contributed by atoms with E-state index in [1.54, 1.807) is 0 Å². The molecule has 1 aromatic rings. The summed E-state index contributed by atoms with van der Waals surface area (Å²) >= 11 is 6.26. The molecule has 0 unspecified atom stereocenters. The molecule has 2 N–H and O–H groups in total. The molecule has 0 aromatic heterocycles. The first-order valence-corrected chi connectivity index (χ1v) is 15.5. The highest BCUT2D eigenvalue weighted by Gasteiger charge is 2.37. The van der Waals surface area contributed by atoms with Gasteiger partial charge >= 0.3 is 0 Å². The van der Waals surface area contributed by atoms with Crippen molar-refractivity contribution < 1.29 is 22.8 Å². The Bertz CT molecular complexity index is 1180. The lowest BCUT2D eigenvalue weighted by Gasteiger charge is -2.34. The highest BCUT2D eigenvalue weighted by molar-refractivity contribution is 7.89. The molecule has 4 fully saturated rings. The number of hydrogen-bond donors (Lipinski definition) is 2. The van der Waals surface area contributed by atoms with Gasteiger partial charge < -0.3 is 20.0 Å². The van der Waals surface area contributed by atoms with Gasteiger partial charge in [0.05, 0.1) is 22.2 Å². The zero-order chi connectivity index (χ0) is 26.9. The Morgan fingerprint density at radius 2 is 1.71 bits per heavy atom. The minimum atomic E-state index is -4.05. The number of sulfonamides is 1. The summed E-state index contributed by atoms with van der Waals surface area (Å²) in [6, 6.07) is 3.32. The summed E-state index contributed by atoms with van der Waals surface area (Å²) < 4.78 is 28.7. The molecular weight excluding hydrogens is 530 g/mol. The minimum absolute atomic E-state index is 0.00952. The zero-order valence-electron chi connectivity index (χ0n) is 21.5. The van der Waals surface area contributed by atoms with Crippen LogP contribution in [-0.2, 0) is 24.4 Å². The number of anilines is 1. The number of nitrogens with zero attached hydrogens (tertiary/aromatic N) is 3. The molecule has 3 heterocycles. The normalized spacial score (nSPS) is 24.7. The van der Waals surface area contributed by atoms with Gasteiger partial charge in [0.2, 0.25) is 27.7 Å². The molecule has 208 valence electrons. The quantitative estimate of drug-likeness (QED) is 0.473. The van der Waals surface area contributed by atoms with Gasteiger partial charge in [-0.25, -0.2) is 8.42 Å². The number of rotatable bonds is 9. The summed E-state index contributed by atoms with van der Waals surface area (Å²) in [5.41, 5.74) is 0.353. The molecule has 12 heteroatoms. The van der Waals surface area contributed by atoms with E-state index in [-0.39, 0.29) is 46.1 Å². The van der Waals surface area contributed by atoms with E-state index >= 15 is 0 Å². The molecule has 2 atom stereocenters. The maximum Gasteiger partial charge on any atom is 0.242 e. The van der Waals surface area contributed by atoms with Crippen LogP contribution in [-0.4, -0.2) is 92.2 Å². The van der Waals surface area contributed by atoms with Crippen LogP contribution in [0, 0.1) is 5.92 Å². The molecule has 1 saturated carbocycles. The SMILES string of the molecule is O=C(Nc1ccc(S(=O)(=O)N[C@H]2CCCN(CC(=O)N3CCC[C@H]3CN3CCCC3)C2=O)cc1Cl)C1CC1. The number of hydrogen-bond acceptors (Lipinski definition) is 6. The summed E-state index contributed by atoms with van der Waals surface area (Å²) in [4.78, 5) is 44.1. The van der Waals surface area contributed by atoms with Crippen molar-refractivity contribution in [1.82, 2.24) is 19.4 Å². The van der Waals surface area contributed by atoms with E-state index in [0.29, 0.717) is 31.6 Å². The molecule has 38 heavy (non-hydrogen) atoms. The highest BCUT2D eigenvalue weighted by Crippen LogP contribution is 2.32. The Labute approximate surface area is 229 Å². The first-order valence-electron chi connectivity index (χ1n) is 13.6. The van der Waals surface area contributed by atoms with Crippen LogP contribution < -0.4 is 10.0 Å². The lowest BCUT2D eigenvalue weighted by Crippen LogP contribution is -2.55. The summed E-state index contributed by atoms with van der Waals surface area (Å²) in [5.74, 6) is -0.592. The van der Waals surface area contributed by atoms with Crippen molar-refractivity contribution in [3.05, 3.63) is 23.2 Å². The number of carbonyl (C=O) groups is 3. The van der Waals surface area contributed by atoms with Crippen molar-refractivity contribution in [2.75, 3.05) is 44.6 Å². The van der Waals surface area contributed by atoms with Gasteiger partial charge in [-0.1, -0.05) is 11.6 Å². The van der Waals surface area contributed by atoms with E-state index in [9.17, 15) is 22.8 Å². The molecule has 0 radical (unpaired) electrons. The molecule has 1 aromatic carbocycles. The fourth-order valence-electron chi connectivity index (χ4n) is 5.68. The number of likely N-dealkylation sites (tertiary alicyclic amines) is 3. The predicted octanol–water partition coefficient (Wildman–Crippen LogP) is 2.04. The zero-order valence-corrected chi connectivity index (χ0v) is 23.1. The molecule has 4 aliphatic rings. The summed E-state index contributed by atoms with van der Waals surface area (Å²) in [6.45, 7) is 4.13. The molecule has 10 nitrogen and oxygen atoms in total. The topological polar surface area (TPSA) is 119 Å². The number of benzene rings is 1. The number of carbonyl (C=O) groups excluding carboxylic acids is 3. The van der Waals surface area contributed by atoms with E-state index in [2.05, 4.69) is 14.9 Å². The molecule has 3 saturated heterocycles. The smallest absolute Gasteiger partial charge is 0.242 e. The molecule has 1 aliphatic carbocycles. The molecule has 5 rings (SSSR count). The minimum Gasteiger partial charge on any atom is -0.337 e. The van der Waals surface area contributed by atoms with Gasteiger partial charge in [-0.05, 0) is 82.7 Å². The van der Waals surface area contributed by atoms with E-state index < -0.39 is 16.1 Å². The average Bonchev–Trinajstić information content (AvgIpc) is 3.42. The van der Waals surface area contributed by atoms with Crippen LogP contribution in [0.1, 0.15) is 51.4 Å². The monoisotopic (exact) mass is 565 g/mol. The third kappa shape index (κ3) is 6.32. The lowest BCUT2D eigenvalue weighted by atomic mass is 10.1. The highest BCUT2D eigenvalue weighted by atomic mass is 35.5. The van der Waals surface area contributed by atoms with E-state index in [1.165, 1.54) is 35.9 Å². The third-order valence-electron chi connectivity index (χ3n) is 7.98. The van der Waals surface area contributed by atoms with Gasteiger partial charge in [0.1, 0.15) is 6.04 Å². The second-order valence-electron chi connectivity index (χ2n) is 10.9. The van der Waals surface area contributed by atoms with E-state index in [4.69, 9.17) is 11.6 Å². The Balaban J connectivity index is 1.19. The van der Waals surface area contributed by atoms with Crippen LogP contribution >= 0.6 is 11.6 Å². The van der Waals surface area contributed by atoms with Crippen molar-refractivity contribution in [2.24, 2.45) is 5.92 Å². The largest absolute Gasteiger partial charge is 0.337 e. The summed E-state index contributed by atoms with van der Waals surface area (Å²) in [7, 11) is -4.05. The number of nitrogens with one attached hydrogen (secondary N) is 2. The standard InChI is InChI=1S/C26H36ClN5O5S/c27-21-15-20(9-10-22(21)28-25(34)18-7-8-18)38(36,37)29-23-6-4-13-31(26(23)35)17-24(33)32-14-3-5-19(32)16-30-11-1-2-12-30/h9-10,15,18-19,23,29H,1-8,11-14,16-17H2,(H,28,34)/t19-,23-/m0/s1. The van der Waals surface area contributed by atoms with Crippen molar-refractivity contribution in [3.8, 4) is 0 Å². The van der Waals surface area contributed by atoms with Gasteiger partial charge in [-0.15, -0.1) is 0 Å². The van der Waals surface area contributed by atoms with Crippen LogP contribution in [0.15, 0.2) is 23.1 Å². The summed E-state index contributed by atoms with van der Waals surface area (Å²) in [5, 5.41) is 2.83. The Kier molecular flexibility index (Phi) is 8.27. The first kappa shape index (κ1) is 27.4. The lowest BCUT2D eigenvalue weighted by molar-refractivity contribution is -0.143. The van der Waals surface area contributed by atoms with Gasteiger partial charge in [-0.3, -0.25) is 14.4 Å². The first-order chi connectivity index (χ1) is 18.2. The van der Waals surface area contributed by atoms with Crippen LogP contribution in [0.25, 0.3) is 0 Å². The van der Waals surface area contributed by atoms with Crippen molar-refractivity contribution in [1.29, 1.82) is 0 Å². The Morgan fingerprint density at radius 3 is 2.42 bits per heavy atom. The second-order valence-corrected chi connectivity index (χ2v) is 13.0. The van der Waals surface area contributed by atoms with Gasteiger partial charge in [-0.2, -0.15) is 4.72 Å². The Morgan fingerprint density at radius 1 is 0.974 bits per heavy atom. The van der Waals surface area contributed by atoms with Gasteiger partial charge in [0, 0.05) is 31.6 Å². The van der Waals surface area contributed by atoms with Crippen LogP contribution in [0.5, 0.6) is 0 Å². The molecule has 0 spiro atoms. The number of halogens is 1. The van der Waals surface area contributed by atoms with Crippen LogP contribution in [0.2, 0.25) is 5.02 Å². The fraction of sp³-hybridized carbons (Fsp3) is 0.654. The fourth-order valence-corrected chi connectivity index (χ4v) is 7.22. The van der Waals surface area contributed by atoms with Gasteiger partial charge in [0.25, 0.3) is 0 Å². The number of piperidine rings is 1. The van der Waals surface area contributed by atoms with Crippen molar-refractivity contribution in [3.63, 3.8) is 0 Å². The molecular formula is C26H36ClN5O5S. The molecule has 0 bridgehead atoms. The number of amides is 3. The molecule has 3 aliphatic heterocycles. The maximum atomic E-state index is 13.2. The predicted molar refractivity (Wildman–Crippen MR) is 143 cm³/mol. The van der Waals surface area contributed by atoms with Crippen molar-refractivity contribution >= 4 is 45.0 Å². The van der Waals surface area contributed by atoms with E-state index in [1.807, 2.05) is 4.90 Å². The second kappa shape index (κ2) is 11.5. The maximum absolute atomic E-state index is 13.2. The summed E-state index contributed by atoms with van der Waals surface area (Å²) in [6.07, 6.45) is 6.98. The Hall–Kier alpha value is -2.21. The van der Waals surface area contributed by atoms with Crippen LogP contribution in [0.3, 0.4) is 0 Å². The van der Waals surface area contributed by atoms with Crippen molar-refractivity contribution in [2.45, 2.75) is 68.3 Å². The molecule has 3 amide bonds.